The van der Waals surface area contributed by atoms with E-state index in [1.807, 2.05) is 17.9 Å². The number of H-pyrrole nitrogens is 1. The van der Waals surface area contributed by atoms with Crippen molar-refractivity contribution in [3.8, 4) is 0 Å². The molecular formula is C13H18N6OS. The number of carbonyl (C=O) groups excluding carboxylic acids is 1. The first kappa shape index (κ1) is 14.2. The second-order valence-corrected chi connectivity index (χ2v) is 5.69. The van der Waals surface area contributed by atoms with Crippen LogP contribution in [0.1, 0.15) is 23.1 Å². The first-order valence-corrected chi connectivity index (χ1v) is 8.01. The van der Waals surface area contributed by atoms with Gasteiger partial charge in [-0.25, -0.2) is 9.97 Å². The van der Waals surface area contributed by atoms with Crippen LogP contribution >= 0.6 is 11.8 Å². The Hall–Kier alpha value is -1.80. The van der Waals surface area contributed by atoms with Gasteiger partial charge in [-0.3, -0.25) is 4.79 Å². The molecule has 3 heterocycles. The van der Waals surface area contributed by atoms with Crippen molar-refractivity contribution in [2.45, 2.75) is 24.2 Å². The first-order chi connectivity index (χ1) is 10.2. The van der Waals surface area contributed by atoms with Crippen molar-refractivity contribution in [3.05, 3.63) is 29.6 Å². The molecular weight excluding hydrogens is 288 g/mol. The number of aromatic nitrogens is 4. The van der Waals surface area contributed by atoms with Crippen LogP contribution < -0.4 is 10.6 Å². The van der Waals surface area contributed by atoms with Crippen LogP contribution in [0.15, 0.2) is 17.7 Å². The third kappa shape index (κ3) is 2.68. The van der Waals surface area contributed by atoms with Crippen LogP contribution in [0.2, 0.25) is 0 Å². The maximum Gasteiger partial charge on any atom is 0.243 e. The van der Waals surface area contributed by atoms with E-state index >= 15 is 0 Å². The molecule has 0 aromatic carbocycles. The molecule has 3 rings (SSSR count). The van der Waals surface area contributed by atoms with Crippen molar-refractivity contribution in [3.63, 3.8) is 0 Å². The van der Waals surface area contributed by atoms with Gasteiger partial charge in [0.2, 0.25) is 5.91 Å². The van der Waals surface area contributed by atoms with Gasteiger partial charge in [0, 0.05) is 25.7 Å². The zero-order valence-electron chi connectivity index (χ0n) is 12.0. The zero-order valence-corrected chi connectivity index (χ0v) is 12.8. The molecule has 3 N–H and O–H groups in total. The Kier molecular flexibility index (Phi) is 3.98. The quantitative estimate of drug-likeness (QED) is 0.710. The molecule has 0 bridgehead atoms. The summed E-state index contributed by atoms with van der Waals surface area (Å²) in [6.07, 6.45) is 6.29. The van der Waals surface area contributed by atoms with Gasteiger partial charge in [-0.05, 0) is 6.26 Å². The molecule has 2 aromatic heterocycles. The fourth-order valence-corrected chi connectivity index (χ4v) is 3.04. The molecule has 0 saturated carbocycles. The lowest BCUT2D eigenvalue weighted by Gasteiger charge is -2.22. The third-order valence-electron chi connectivity index (χ3n) is 3.68. The number of thioether (sulfide) groups is 1. The largest absolute Gasteiger partial charge is 0.349 e. The normalized spacial score (nSPS) is 17.5. The third-order valence-corrected chi connectivity index (χ3v) is 4.42. The van der Waals surface area contributed by atoms with Gasteiger partial charge in [-0.1, -0.05) is 11.8 Å². The van der Waals surface area contributed by atoms with Gasteiger partial charge >= 0.3 is 0 Å². The topological polar surface area (TPSA) is 87.6 Å². The van der Waals surface area contributed by atoms with Gasteiger partial charge in [-0.15, -0.1) is 0 Å². The molecule has 8 heteroatoms. The second kappa shape index (κ2) is 5.90. The van der Waals surface area contributed by atoms with Gasteiger partial charge < -0.3 is 20.2 Å². The number of carbonyl (C=O) groups is 1. The van der Waals surface area contributed by atoms with Gasteiger partial charge in [-0.2, -0.15) is 0 Å². The molecule has 0 radical (unpaired) electrons. The molecule has 1 aliphatic rings. The average molecular weight is 306 g/mol. The molecule has 0 fully saturated rings. The first-order valence-electron chi connectivity index (χ1n) is 6.78. The average Bonchev–Trinajstić information content (AvgIpc) is 3.10. The summed E-state index contributed by atoms with van der Waals surface area (Å²) in [6, 6.07) is -0.381. The summed E-state index contributed by atoms with van der Waals surface area (Å²) in [4.78, 5) is 24.0. The van der Waals surface area contributed by atoms with Crippen LogP contribution in [0.25, 0.3) is 0 Å². The number of amides is 1. The fourth-order valence-electron chi connectivity index (χ4n) is 2.50. The van der Waals surface area contributed by atoms with E-state index in [4.69, 9.17) is 0 Å². The van der Waals surface area contributed by atoms with Crippen molar-refractivity contribution in [2.75, 3.05) is 12.8 Å². The Morgan fingerprint density at radius 3 is 3.19 bits per heavy atom. The number of imidazole rings is 2. The molecule has 0 spiro atoms. The Balaban J connectivity index is 1.66. The van der Waals surface area contributed by atoms with Gasteiger partial charge in [0.1, 0.15) is 6.04 Å². The van der Waals surface area contributed by atoms with Crippen LogP contribution in [0, 0.1) is 0 Å². The second-order valence-electron chi connectivity index (χ2n) is 4.92. The van der Waals surface area contributed by atoms with E-state index in [9.17, 15) is 4.79 Å². The maximum atomic E-state index is 12.4. The summed E-state index contributed by atoms with van der Waals surface area (Å²) in [7, 11) is 1.95. The Morgan fingerprint density at radius 2 is 2.43 bits per heavy atom. The van der Waals surface area contributed by atoms with Crippen LogP contribution in [0.3, 0.4) is 0 Å². The number of nitrogens with zero attached hydrogens (tertiary/aromatic N) is 3. The van der Waals surface area contributed by atoms with Gasteiger partial charge in [0.05, 0.1) is 30.5 Å². The van der Waals surface area contributed by atoms with E-state index in [-0.39, 0.29) is 11.9 Å². The van der Waals surface area contributed by atoms with E-state index in [0.29, 0.717) is 6.54 Å². The summed E-state index contributed by atoms with van der Waals surface area (Å²) < 4.78 is 1.99. The van der Waals surface area contributed by atoms with Gasteiger partial charge in [0.25, 0.3) is 0 Å². The van der Waals surface area contributed by atoms with Crippen molar-refractivity contribution >= 4 is 17.7 Å². The fraction of sp³-hybridized carbons (Fsp3) is 0.462. The lowest BCUT2D eigenvalue weighted by molar-refractivity contribution is -0.123. The van der Waals surface area contributed by atoms with Crippen LogP contribution in [-0.2, 0) is 24.8 Å². The highest BCUT2D eigenvalue weighted by Gasteiger charge is 2.28. The summed E-state index contributed by atoms with van der Waals surface area (Å²) in [5.74, 6) is -0.0602. The maximum absolute atomic E-state index is 12.4. The SMILES string of the molecule is CSc1ncc(CNC(=O)[C@@H]2NCCc3[nH]cnc32)n1C. The number of nitrogens with one attached hydrogen (secondary N) is 3. The highest BCUT2D eigenvalue weighted by Crippen LogP contribution is 2.19. The number of hydrogen-bond donors (Lipinski definition) is 3. The molecule has 1 atom stereocenters. The van der Waals surface area contributed by atoms with E-state index in [0.717, 1.165) is 35.2 Å². The molecule has 0 unspecified atom stereocenters. The minimum Gasteiger partial charge on any atom is -0.349 e. The molecule has 0 aliphatic carbocycles. The summed E-state index contributed by atoms with van der Waals surface area (Å²) >= 11 is 1.58. The molecule has 21 heavy (non-hydrogen) atoms. The van der Waals surface area contributed by atoms with Crippen LogP contribution in [0.4, 0.5) is 0 Å². The monoisotopic (exact) mass is 306 g/mol. The van der Waals surface area contributed by atoms with Gasteiger partial charge in [0.15, 0.2) is 5.16 Å². The predicted octanol–water partition coefficient (Wildman–Crippen LogP) is 0.368. The number of aromatic amines is 1. The van der Waals surface area contributed by atoms with Crippen molar-refractivity contribution in [2.24, 2.45) is 7.05 Å². The summed E-state index contributed by atoms with van der Waals surface area (Å²) in [6.45, 7) is 1.23. The molecule has 1 amide bonds. The standard InChI is InChI=1S/C13H18N6OS/c1-19-8(6-16-13(19)21-2)5-15-12(20)11-10-9(3-4-14-11)17-7-18-10/h6-7,11,14H,3-5H2,1-2H3,(H,15,20)(H,17,18)/t11-/m1/s1. The molecule has 0 saturated heterocycles. The minimum absolute atomic E-state index is 0.0602. The summed E-state index contributed by atoms with van der Waals surface area (Å²) in [5.41, 5.74) is 2.82. The van der Waals surface area contributed by atoms with Crippen molar-refractivity contribution in [1.29, 1.82) is 0 Å². The lowest BCUT2D eigenvalue weighted by Crippen LogP contribution is -2.41. The number of hydrogen-bond acceptors (Lipinski definition) is 5. The lowest BCUT2D eigenvalue weighted by atomic mass is 10.1. The smallest absolute Gasteiger partial charge is 0.243 e. The van der Waals surface area contributed by atoms with Crippen LogP contribution in [-0.4, -0.2) is 38.2 Å². The minimum atomic E-state index is -0.381. The Labute approximate surface area is 126 Å². The van der Waals surface area contributed by atoms with Crippen molar-refractivity contribution in [1.82, 2.24) is 30.2 Å². The molecule has 1 aliphatic heterocycles. The molecule has 7 nitrogen and oxygen atoms in total. The number of fused-ring (bicyclic) bond motifs is 1. The highest BCUT2D eigenvalue weighted by molar-refractivity contribution is 7.98. The van der Waals surface area contributed by atoms with Crippen molar-refractivity contribution < 1.29 is 4.79 Å². The Morgan fingerprint density at radius 1 is 1.57 bits per heavy atom. The molecule has 112 valence electrons. The van der Waals surface area contributed by atoms with Crippen LogP contribution in [0.5, 0.6) is 0 Å². The van der Waals surface area contributed by atoms with E-state index in [1.165, 1.54) is 0 Å². The zero-order chi connectivity index (χ0) is 14.8. The van der Waals surface area contributed by atoms with E-state index in [2.05, 4.69) is 25.6 Å². The summed E-state index contributed by atoms with van der Waals surface area (Å²) in [5, 5.41) is 7.09. The predicted molar refractivity (Wildman–Crippen MR) is 79.9 cm³/mol. The molecule has 2 aromatic rings. The van der Waals surface area contributed by atoms with E-state index in [1.54, 1.807) is 24.3 Å². The van der Waals surface area contributed by atoms with E-state index < -0.39 is 0 Å². The highest BCUT2D eigenvalue weighted by atomic mass is 32.2. The number of rotatable bonds is 4. The Bertz CT molecular complexity index is 649.